The quantitative estimate of drug-likeness (QED) is 0.688. The van der Waals surface area contributed by atoms with Crippen LogP contribution < -0.4 is 0 Å². The minimum absolute atomic E-state index is 0.164. The first-order valence-corrected chi connectivity index (χ1v) is 5.18. The Bertz CT molecular complexity index is 668. The fourth-order valence-electron chi connectivity index (χ4n) is 1.80. The molecule has 0 atom stereocenters. The van der Waals surface area contributed by atoms with Crippen molar-refractivity contribution in [1.82, 2.24) is 15.0 Å². The highest BCUT2D eigenvalue weighted by Gasteiger charge is 2.05. The lowest BCUT2D eigenvalue weighted by Gasteiger charge is -2.05. The zero-order valence-corrected chi connectivity index (χ0v) is 8.91. The third kappa shape index (κ3) is 1.69. The fourth-order valence-corrected chi connectivity index (χ4v) is 1.80. The molecule has 0 aliphatic heterocycles. The summed E-state index contributed by atoms with van der Waals surface area (Å²) < 4.78 is 0. The second-order valence-corrected chi connectivity index (χ2v) is 3.69. The van der Waals surface area contributed by atoms with Gasteiger partial charge in [-0.25, -0.2) is 9.97 Å². The molecule has 17 heavy (non-hydrogen) atoms. The van der Waals surface area contributed by atoms with Gasteiger partial charge in [0, 0.05) is 24.0 Å². The Morgan fingerprint density at radius 3 is 2.59 bits per heavy atom. The summed E-state index contributed by atoms with van der Waals surface area (Å²) in [6.07, 6.45) is 6.55. The lowest BCUT2D eigenvalue weighted by Crippen LogP contribution is -1.84. The van der Waals surface area contributed by atoms with Gasteiger partial charge in [-0.05, 0) is 35.4 Å². The van der Waals surface area contributed by atoms with E-state index in [2.05, 4.69) is 15.0 Å². The van der Waals surface area contributed by atoms with E-state index in [1.807, 2.05) is 18.2 Å². The number of nitrogens with zero attached hydrogens (tertiary/aromatic N) is 3. The number of aromatic nitrogens is 3. The topological polar surface area (TPSA) is 58.9 Å². The molecule has 4 heteroatoms. The molecule has 0 aliphatic carbocycles. The average molecular weight is 223 g/mol. The molecule has 0 bridgehead atoms. The van der Waals surface area contributed by atoms with Gasteiger partial charge >= 0.3 is 0 Å². The normalized spacial score (nSPS) is 10.6. The van der Waals surface area contributed by atoms with Crippen LogP contribution in [0.25, 0.3) is 22.0 Å². The van der Waals surface area contributed by atoms with Gasteiger partial charge in [0.1, 0.15) is 17.6 Å². The highest BCUT2D eigenvalue weighted by atomic mass is 16.3. The molecule has 2 heterocycles. The number of fused-ring (bicyclic) bond motifs is 1. The molecule has 4 nitrogen and oxygen atoms in total. The van der Waals surface area contributed by atoms with Crippen molar-refractivity contribution < 1.29 is 5.11 Å². The number of hydrogen-bond donors (Lipinski definition) is 1. The van der Waals surface area contributed by atoms with E-state index < -0.39 is 0 Å². The summed E-state index contributed by atoms with van der Waals surface area (Å²) in [4.78, 5) is 12.0. The smallest absolute Gasteiger partial charge is 0.142 e. The minimum Gasteiger partial charge on any atom is -0.506 e. The van der Waals surface area contributed by atoms with Crippen molar-refractivity contribution in [3.05, 3.63) is 49.2 Å². The van der Waals surface area contributed by atoms with Crippen LogP contribution in [-0.2, 0) is 0 Å². The van der Waals surface area contributed by atoms with Gasteiger partial charge in [-0.3, -0.25) is 4.98 Å². The molecule has 2 aromatic heterocycles. The van der Waals surface area contributed by atoms with E-state index >= 15 is 0 Å². The van der Waals surface area contributed by atoms with Crippen molar-refractivity contribution in [3.8, 4) is 16.9 Å². The number of benzene rings is 1. The second-order valence-electron chi connectivity index (χ2n) is 3.69. The Morgan fingerprint density at radius 2 is 1.76 bits per heavy atom. The van der Waals surface area contributed by atoms with Gasteiger partial charge in [-0.1, -0.05) is 0 Å². The maximum atomic E-state index is 9.91. The Labute approximate surface area is 97.6 Å². The van der Waals surface area contributed by atoms with Crippen LogP contribution in [0.2, 0.25) is 0 Å². The van der Waals surface area contributed by atoms with Crippen molar-refractivity contribution in [3.63, 3.8) is 0 Å². The summed E-state index contributed by atoms with van der Waals surface area (Å²) in [6.45, 7) is 0. The largest absolute Gasteiger partial charge is 0.506 e. The Hall–Kier alpha value is -2.49. The number of rotatable bonds is 1. The Kier molecular flexibility index (Phi) is 2.19. The fraction of sp³-hybridized carbons (Fsp3) is 0. The van der Waals surface area contributed by atoms with Gasteiger partial charge in [0.2, 0.25) is 0 Å². The number of phenols is 1. The highest BCUT2D eigenvalue weighted by molar-refractivity contribution is 5.88. The van der Waals surface area contributed by atoms with E-state index in [1.165, 1.54) is 6.33 Å². The van der Waals surface area contributed by atoms with E-state index in [9.17, 15) is 5.11 Å². The van der Waals surface area contributed by atoms with E-state index in [-0.39, 0.29) is 5.75 Å². The van der Waals surface area contributed by atoms with E-state index in [0.29, 0.717) is 5.52 Å². The molecular weight excluding hydrogens is 214 g/mol. The first kappa shape index (κ1) is 9.72. The van der Waals surface area contributed by atoms with Crippen molar-refractivity contribution >= 4 is 10.9 Å². The van der Waals surface area contributed by atoms with Crippen LogP contribution in [0.4, 0.5) is 0 Å². The summed E-state index contributed by atoms with van der Waals surface area (Å²) in [5.74, 6) is 0.164. The van der Waals surface area contributed by atoms with Crippen molar-refractivity contribution in [1.29, 1.82) is 0 Å². The lowest BCUT2D eigenvalue weighted by atomic mass is 10.0. The first-order valence-electron chi connectivity index (χ1n) is 5.18. The van der Waals surface area contributed by atoms with Crippen molar-refractivity contribution in [2.24, 2.45) is 0 Å². The second kappa shape index (κ2) is 3.83. The van der Waals surface area contributed by atoms with Crippen molar-refractivity contribution in [2.45, 2.75) is 0 Å². The predicted molar refractivity (Wildman–Crippen MR) is 64.4 cm³/mol. The number of hydrogen-bond acceptors (Lipinski definition) is 4. The molecule has 0 amide bonds. The molecular formula is C13H9N3O. The summed E-state index contributed by atoms with van der Waals surface area (Å²) in [5, 5.41) is 10.7. The molecule has 1 aromatic carbocycles. The zero-order chi connectivity index (χ0) is 11.7. The number of pyridine rings is 1. The van der Waals surface area contributed by atoms with Crippen LogP contribution in [0.5, 0.6) is 5.75 Å². The standard InChI is InChI=1S/C13H9N3O/c17-12-6-10(9-1-3-14-4-2-9)5-11-7-15-8-16-13(11)12/h1-8,17H. The van der Waals surface area contributed by atoms with Crippen LogP contribution in [0.1, 0.15) is 0 Å². The maximum Gasteiger partial charge on any atom is 0.142 e. The molecule has 0 saturated heterocycles. The van der Waals surface area contributed by atoms with Gasteiger partial charge in [0.25, 0.3) is 0 Å². The molecule has 0 saturated carbocycles. The molecule has 0 aliphatic rings. The van der Waals surface area contributed by atoms with E-state index in [0.717, 1.165) is 16.5 Å². The molecule has 0 fully saturated rings. The van der Waals surface area contributed by atoms with Crippen LogP contribution in [0, 0.1) is 0 Å². The lowest BCUT2D eigenvalue weighted by molar-refractivity contribution is 0.480. The first-order chi connectivity index (χ1) is 8.34. The average Bonchev–Trinajstić information content (AvgIpc) is 2.40. The summed E-state index contributed by atoms with van der Waals surface area (Å²) in [6, 6.07) is 7.43. The zero-order valence-electron chi connectivity index (χ0n) is 8.91. The third-order valence-corrected chi connectivity index (χ3v) is 2.60. The van der Waals surface area contributed by atoms with Crippen LogP contribution >= 0.6 is 0 Å². The van der Waals surface area contributed by atoms with Gasteiger partial charge in [0.05, 0.1) is 0 Å². The summed E-state index contributed by atoms with van der Waals surface area (Å²) in [7, 11) is 0. The Balaban J connectivity index is 2.26. The maximum absolute atomic E-state index is 9.91. The number of phenolic OH excluding ortho intramolecular Hbond substituents is 1. The van der Waals surface area contributed by atoms with E-state index in [4.69, 9.17) is 0 Å². The van der Waals surface area contributed by atoms with Crippen molar-refractivity contribution in [2.75, 3.05) is 0 Å². The molecule has 1 N–H and O–H groups in total. The molecule has 3 aromatic rings. The van der Waals surface area contributed by atoms with Gasteiger partial charge in [-0.15, -0.1) is 0 Å². The summed E-state index contributed by atoms with van der Waals surface area (Å²) in [5.41, 5.74) is 2.49. The SMILES string of the molecule is Oc1cc(-c2ccncc2)cc2cncnc12. The minimum atomic E-state index is 0.164. The van der Waals surface area contributed by atoms with Crippen LogP contribution in [0.3, 0.4) is 0 Å². The monoisotopic (exact) mass is 223 g/mol. The molecule has 3 rings (SSSR count). The molecule has 0 radical (unpaired) electrons. The summed E-state index contributed by atoms with van der Waals surface area (Å²) >= 11 is 0. The van der Waals surface area contributed by atoms with E-state index in [1.54, 1.807) is 24.7 Å². The highest BCUT2D eigenvalue weighted by Crippen LogP contribution is 2.29. The van der Waals surface area contributed by atoms with Gasteiger partial charge in [-0.2, -0.15) is 0 Å². The predicted octanol–water partition coefficient (Wildman–Crippen LogP) is 2.40. The van der Waals surface area contributed by atoms with Gasteiger partial charge in [0.15, 0.2) is 0 Å². The Morgan fingerprint density at radius 1 is 0.941 bits per heavy atom. The molecule has 0 unspecified atom stereocenters. The molecule has 82 valence electrons. The number of aromatic hydroxyl groups is 1. The van der Waals surface area contributed by atoms with Gasteiger partial charge < -0.3 is 5.11 Å². The third-order valence-electron chi connectivity index (χ3n) is 2.60. The molecule has 0 spiro atoms. The van der Waals surface area contributed by atoms with Crippen LogP contribution in [0.15, 0.2) is 49.2 Å². The van der Waals surface area contributed by atoms with Crippen LogP contribution in [-0.4, -0.2) is 20.1 Å².